The van der Waals surface area contributed by atoms with E-state index >= 15 is 0 Å². The highest BCUT2D eigenvalue weighted by Gasteiger charge is 2.22. The molecule has 0 bridgehead atoms. The van der Waals surface area contributed by atoms with Gasteiger partial charge in [0.05, 0.1) is 12.8 Å². The van der Waals surface area contributed by atoms with E-state index in [4.69, 9.17) is 4.74 Å². The highest BCUT2D eigenvalue weighted by Crippen LogP contribution is 2.36. The van der Waals surface area contributed by atoms with Crippen LogP contribution in [0.1, 0.15) is 22.2 Å². The van der Waals surface area contributed by atoms with Gasteiger partial charge in [0.1, 0.15) is 4.88 Å². The van der Waals surface area contributed by atoms with Crippen molar-refractivity contribution in [3.05, 3.63) is 101 Å². The van der Waals surface area contributed by atoms with Crippen molar-refractivity contribution >= 4 is 29.0 Å². The number of urea groups is 1. The first kappa shape index (κ1) is 23.3. The van der Waals surface area contributed by atoms with Gasteiger partial charge in [-0.05, 0) is 35.6 Å². The number of carbonyl (C=O) groups excluding carboxylic acids is 2. The van der Waals surface area contributed by atoms with Crippen molar-refractivity contribution in [2.24, 2.45) is 0 Å². The van der Waals surface area contributed by atoms with E-state index in [0.717, 1.165) is 22.3 Å². The predicted molar refractivity (Wildman–Crippen MR) is 138 cm³/mol. The van der Waals surface area contributed by atoms with Crippen LogP contribution in [-0.4, -0.2) is 25.2 Å². The van der Waals surface area contributed by atoms with Gasteiger partial charge < -0.3 is 15.4 Å². The van der Waals surface area contributed by atoms with Gasteiger partial charge in [-0.2, -0.15) is 0 Å². The van der Waals surface area contributed by atoms with Crippen molar-refractivity contribution in [2.75, 3.05) is 12.4 Å². The number of hydrogen-bond acceptors (Lipinski definition) is 4. The van der Waals surface area contributed by atoms with Gasteiger partial charge >= 0.3 is 12.0 Å². The highest BCUT2D eigenvalue weighted by atomic mass is 32.1. The molecule has 0 aliphatic carbocycles. The summed E-state index contributed by atoms with van der Waals surface area (Å²) in [5.74, 6) is -0.478. The summed E-state index contributed by atoms with van der Waals surface area (Å²) in [6.45, 7) is 1.96. The second-order valence-corrected chi connectivity index (χ2v) is 8.86. The lowest BCUT2D eigenvalue weighted by molar-refractivity contribution is 0.0607. The van der Waals surface area contributed by atoms with Crippen LogP contribution in [0, 0.1) is 0 Å². The summed E-state index contributed by atoms with van der Waals surface area (Å²) in [5.41, 5.74) is 5.61. The predicted octanol–water partition coefficient (Wildman–Crippen LogP) is 6.62. The lowest BCUT2D eigenvalue weighted by Crippen LogP contribution is -2.37. The fourth-order valence-corrected chi connectivity index (χ4v) is 4.74. The van der Waals surface area contributed by atoms with Gasteiger partial charge in [0.2, 0.25) is 0 Å². The molecule has 1 aromatic heterocycles. The van der Waals surface area contributed by atoms with Crippen LogP contribution in [0.15, 0.2) is 90.3 Å². The number of amides is 2. The zero-order chi connectivity index (χ0) is 23.9. The number of esters is 1. The molecule has 1 atom stereocenters. The van der Waals surface area contributed by atoms with E-state index in [-0.39, 0.29) is 12.1 Å². The number of benzene rings is 3. The number of hydrogen-bond donors (Lipinski definition) is 2. The number of anilines is 1. The van der Waals surface area contributed by atoms with Crippen molar-refractivity contribution in [3.63, 3.8) is 0 Å². The van der Waals surface area contributed by atoms with E-state index in [1.165, 1.54) is 24.0 Å². The lowest BCUT2D eigenvalue weighted by atomic mass is 10.0. The van der Waals surface area contributed by atoms with Crippen LogP contribution >= 0.6 is 11.3 Å². The number of rotatable bonds is 7. The Labute approximate surface area is 203 Å². The lowest BCUT2D eigenvalue weighted by Gasteiger charge is -2.16. The minimum Gasteiger partial charge on any atom is -0.465 e. The quantitative estimate of drug-likeness (QED) is 0.298. The van der Waals surface area contributed by atoms with Crippen LogP contribution in [0.2, 0.25) is 0 Å². The minimum atomic E-state index is -0.478. The molecule has 0 saturated heterocycles. The number of nitrogens with one attached hydrogen (secondary N) is 2. The number of thiophene rings is 1. The summed E-state index contributed by atoms with van der Waals surface area (Å²) in [7, 11) is 1.33. The van der Waals surface area contributed by atoms with Gasteiger partial charge in [0, 0.05) is 17.0 Å². The third kappa shape index (κ3) is 5.53. The fraction of sp³-hybridized carbons (Fsp3) is 0.143. The zero-order valence-corrected chi connectivity index (χ0v) is 19.9. The van der Waals surface area contributed by atoms with E-state index in [9.17, 15) is 9.59 Å². The monoisotopic (exact) mass is 470 g/mol. The van der Waals surface area contributed by atoms with E-state index in [1.54, 1.807) is 0 Å². The molecule has 6 heteroatoms. The van der Waals surface area contributed by atoms with Crippen molar-refractivity contribution in [1.29, 1.82) is 0 Å². The van der Waals surface area contributed by atoms with Crippen LogP contribution in [-0.2, 0) is 11.2 Å². The number of ether oxygens (including phenoxy) is 1. The van der Waals surface area contributed by atoms with Gasteiger partial charge in [-0.3, -0.25) is 0 Å². The smallest absolute Gasteiger partial charge is 0.350 e. The number of carbonyl (C=O) groups is 2. The van der Waals surface area contributed by atoms with Crippen LogP contribution in [0.25, 0.3) is 22.3 Å². The summed E-state index contributed by atoms with van der Waals surface area (Å²) in [6.07, 6.45) is 0.682. The fourth-order valence-electron chi connectivity index (χ4n) is 3.80. The van der Waals surface area contributed by atoms with Crippen molar-refractivity contribution in [3.8, 4) is 22.3 Å². The Bertz CT molecular complexity index is 1250. The Morgan fingerprint density at radius 1 is 0.853 bits per heavy atom. The largest absolute Gasteiger partial charge is 0.465 e. The molecular formula is C28H26N2O3S. The van der Waals surface area contributed by atoms with Crippen molar-refractivity contribution in [1.82, 2.24) is 5.32 Å². The van der Waals surface area contributed by atoms with E-state index in [2.05, 4.69) is 47.0 Å². The maximum Gasteiger partial charge on any atom is 0.350 e. The molecule has 4 aromatic rings. The maximum atomic E-state index is 12.8. The standard InChI is InChI=1S/C28H26N2O3S/c1-19(17-20-13-15-22(16-14-20)21-9-5-3-6-10-21)29-28(32)30-25-24(23-11-7-4-8-12-23)18-34-26(25)27(31)33-2/h3-16,18-19H,17H2,1-2H3,(H2,29,30,32). The molecule has 0 fully saturated rings. The van der Waals surface area contributed by atoms with E-state index < -0.39 is 5.97 Å². The summed E-state index contributed by atoms with van der Waals surface area (Å²) in [5, 5.41) is 7.71. The van der Waals surface area contributed by atoms with Crippen LogP contribution < -0.4 is 10.6 Å². The summed E-state index contributed by atoms with van der Waals surface area (Å²) in [4.78, 5) is 25.5. The Balaban J connectivity index is 1.43. The third-order valence-electron chi connectivity index (χ3n) is 5.47. The molecule has 2 N–H and O–H groups in total. The van der Waals surface area contributed by atoms with Crippen LogP contribution in [0.5, 0.6) is 0 Å². The first-order valence-electron chi connectivity index (χ1n) is 11.0. The normalized spacial score (nSPS) is 11.5. The van der Waals surface area contributed by atoms with Gasteiger partial charge in [-0.1, -0.05) is 84.9 Å². The molecule has 34 heavy (non-hydrogen) atoms. The first-order chi connectivity index (χ1) is 16.5. The van der Waals surface area contributed by atoms with Gasteiger partial charge in [-0.25, -0.2) is 9.59 Å². The van der Waals surface area contributed by atoms with Crippen LogP contribution in [0.4, 0.5) is 10.5 Å². The Kier molecular flexibility index (Phi) is 7.40. The summed E-state index contributed by atoms with van der Waals surface area (Å²) >= 11 is 1.25. The Morgan fingerprint density at radius 2 is 1.44 bits per heavy atom. The second kappa shape index (κ2) is 10.8. The molecule has 4 rings (SSSR count). The molecule has 1 unspecified atom stereocenters. The molecule has 0 saturated carbocycles. The highest BCUT2D eigenvalue weighted by molar-refractivity contribution is 7.13. The van der Waals surface area contributed by atoms with E-state index in [0.29, 0.717) is 17.0 Å². The van der Waals surface area contributed by atoms with E-state index in [1.807, 2.05) is 60.8 Å². The minimum absolute atomic E-state index is 0.108. The Hall–Kier alpha value is -3.90. The maximum absolute atomic E-state index is 12.8. The molecule has 0 aliphatic rings. The number of methoxy groups -OCH3 is 1. The average molecular weight is 471 g/mol. The third-order valence-corrected chi connectivity index (χ3v) is 6.43. The first-order valence-corrected chi connectivity index (χ1v) is 11.9. The molecule has 1 heterocycles. The van der Waals surface area contributed by atoms with Gasteiger partial charge in [0.15, 0.2) is 0 Å². The van der Waals surface area contributed by atoms with Crippen LogP contribution in [0.3, 0.4) is 0 Å². The average Bonchev–Trinajstić information content (AvgIpc) is 3.28. The SMILES string of the molecule is COC(=O)c1scc(-c2ccccc2)c1NC(=O)NC(C)Cc1ccc(-c2ccccc2)cc1. The molecular weight excluding hydrogens is 444 g/mol. The van der Waals surface area contributed by atoms with Crippen molar-refractivity contribution in [2.45, 2.75) is 19.4 Å². The molecule has 2 amide bonds. The Morgan fingerprint density at radius 3 is 2.06 bits per heavy atom. The molecule has 5 nitrogen and oxygen atoms in total. The summed E-state index contributed by atoms with van der Waals surface area (Å²) < 4.78 is 4.91. The molecule has 0 radical (unpaired) electrons. The van der Waals surface area contributed by atoms with Gasteiger partial charge in [0.25, 0.3) is 0 Å². The van der Waals surface area contributed by atoms with Crippen molar-refractivity contribution < 1.29 is 14.3 Å². The zero-order valence-electron chi connectivity index (χ0n) is 19.1. The molecule has 3 aromatic carbocycles. The topological polar surface area (TPSA) is 67.4 Å². The van der Waals surface area contributed by atoms with Gasteiger partial charge in [-0.15, -0.1) is 11.3 Å². The molecule has 0 aliphatic heterocycles. The summed E-state index contributed by atoms with van der Waals surface area (Å²) in [6, 6.07) is 27.7. The molecule has 172 valence electrons. The second-order valence-electron chi connectivity index (χ2n) is 7.98. The molecule has 0 spiro atoms.